The molecule has 2 aromatic rings. The summed E-state index contributed by atoms with van der Waals surface area (Å²) in [4.78, 5) is 26.4. The van der Waals surface area contributed by atoms with E-state index in [0.717, 1.165) is 10.5 Å². The predicted molar refractivity (Wildman–Crippen MR) is 117 cm³/mol. The first-order valence-corrected chi connectivity index (χ1v) is 13.1. The molecule has 2 heterocycles. The fourth-order valence-corrected chi connectivity index (χ4v) is 7.31. The molecule has 0 unspecified atom stereocenters. The lowest BCUT2D eigenvalue weighted by atomic mass is 9.97. The van der Waals surface area contributed by atoms with E-state index in [4.69, 9.17) is 8.92 Å². The van der Waals surface area contributed by atoms with Gasteiger partial charge in [0.15, 0.2) is 21.3 Å². The molecule has 33 heavy (non-hydrogen) atoms. The van der Waals surface area contributed by atoms with Gasteiger partial charge in [0.1, 0.15) is 17.4 Å². The molecule has 2 aliphatic rings. The highest BCUT2D eigenvalue weighted by molar-refractivity contribution is 7.94. The molecule has 2 aliphatic heterocycles. The van der Waals surface area contributed by atoms with Crippen LogP contribution in [0, 0.1) is 6.92 Å². The van der Waals surface area contributed by atoms with Crippen molar-refractivity contribution in [2.75, 3.05) is 0 Å². The number of carbonyl (C=O) groups excluding carboxylic acids is 2. The zero-order chi connectivity index (χ0) is 24.2. The van der Waals surface area contributed by atoms with Crippen LogP contribution in [0.15, 0.2) is 59.5 Å². The molecule has 0 aromatic heterocycles. The van der Waals surface area contributed by atoms with Gasteiger partial charge in [0.25, 0.3) is 16.0 Å². The number of hydrogen-bond donors (Lipinski definition) is 0. The molecule has 9 nitrogen and oxygen atoms in total. The number of nitrogens with zero attached hydrogens (tertiary/aromatic N) is 1. The Labute approximate surface area is 192 Å². The summed E-state index contributed by atoms with van der Waals surface area (Å²) < 4.78 is 60.4. The molecule has 0 spiro atoms. The maximum Gasteiger partial charge on any atom is 0.330 e. The van der Waals surface area contributed by atoms with Gasteiger partial charge in [0.05, 0.1) is 4.90 Å². The molecule has 0 aliphatic carbocycles. The van der Waals surface area contributed by atoms with Crippen molar-refractivity contribution in [3.05, 3.63) is 65.7 Å². The van der Waals surface area contributed by atoms with Crippen molar-refractivity contribution >= 4 is 31.8 Å². The van der Waals surface area contributed by atoms with Gasteiger partial charge in [-0.05, 0) is 38.5 Å². The largest absolute Gasteiger partial charge is 0.459 e. The van der Waals surface area contributed by atoms with Gasteiger partial charge >= 0.3 is 5.97 Å². The summed E-state index contributed by atoms with van der Waals surface area (Å²) in [6, 6.07) is 13.1. The molecule has 0 bridgehead atoms. The van der Waals surface area contributed by atoms with Gasteiger partial charge in [0.2, 0.25) is 0 Å². The molecule has 3 atom stereocenters. The fourth-order valence-electron chi connectivity index (χ4n) is 4.04. The molecule has 4 rings (SSSR count). The van der Waals surface area contributed by atoms with E-state index in [1.807, 2.05) is 0 Å². The van der Waals surface area contributed by atoms with Crippen molar-refractivity contribution < 1.29 is 35.3 Å². The van der Waals surface area contributed by atoms with Crippen molar-refractivity contribution in [2.45, 2.75) is 54.5 Å². The molecular weight excluding hydrogens is 470 g/mol. The number of aryl methyl sites for hydroxylation is 1. The van der Waals surface area contributed by atoms with Crippen molar-refractivity contribution in [1.82, 2.24) is 4.90 Å². The molecule has 1 amide bonds. The Morgan fingerprint density at radius 1 is 1.06 bits per heavy atom. The second-order valence-electron chi connectivity index (χ2n) is 8.56. The van der Waals surface area contributed by atoms with E-state index in [1.165, 1.54) is 26.0 Å². The molecule has 176 valence electrons. The number of carbonyl (C=O) groups is 2. The van der Waals surface area contributed by atoms with Gasteiger partial charge in [0, 0.05) is 0 Å². The Hall–Kier alpha value is -2.76. The van der Waals surface area contributed by atoms with Gasteiger partial charge < -0.3 is 9.64 Å². The van der Waals surface area contributed by atoms with E-state index < -0.39 is 54.1 Å². The van der Waals surface area contributed by atoms with Gasteiger partial charge in [-0.15, -0.1) is 0 Å². The van der Waals surface area contributed by atoms with E-state index in [1.54, 1.807) is 49.4 Å². The van der Waals surface area contributed by atoms with E-state index in [9.17, 15) is 26.4 Å². The van der Waals surface area contributed by atoms with Gasteiger partial charge in [-0.25, -0.2) is 17.4 Å². The monoisotopic (exact) mass is 493 g/mol. The Balaban J connectivity index is 1.58. The smallest absolute Gasteiger partial charge is 0.330 e. The number of amides is 1. The van der Waals surface area contributed by atoms with Crippen LogP contribution in [-0.2, 0) is 45.1 Å². The van der Waals surface area contributed by atoms with Crippen LogP contribution in [0.2, 0.25) is 0 Å². The lowest BCUT2D eigenvalue weighted by Gasteiger charge is -2.41. The van der Waals surface area contributed by atoms with E-state index in [2.05, 4.69) is 0 Å². The predicted octanol–water partition coefficient (Wildman–Crippen LogP) is 1.56. The number of ether oxygens (including phenoxy) is 1. The number of fused-ring (bicyclic) bond motifs is 1. The quantitative estimate of drug-likeness (QED) is 0.337. The van der Waals surface area contributed by atoms with Crippen LogP contribution in [0.5, 0.6) is 0 Å². The first-order valence-electron chi connectivity index (χ1n) is 10.1. The van der Waals surface area contributed by atoms with Crippen LogP contribution in [0.1, 0.15) is 25.0 Å². The fraction of sp³-hybridized carbons (Fsp3) is 0.364. The SMILES string of the molecule is Cc1ccc(S(=O)(=O)O[C@@H]2C(=O)N3[C@@H](C(=O)OCc4ccccc4)C(C)(C)S(=O)(=O)[C@H]23)cc1. The molecule has 2 saturated heterocycles. The summed E-state index contributed by atoms with van der Waals surface area (Å²) in [6.07, 6.45) is -1.77. The van der Waals surface area contributed by atoms with Crippen LogP contribution < -0.4 is 0 Å². The Morgan fingerprint density at radius 2 is 1.67 bits per heavy atom. The second kappa shape index (κ2) is 7.93. The third-order valence-electron chi connectivity index (χ3n) is 6.01. The Morgan fingerprint density at radius 3 is 2.27 bits per heavy atom. The highest BCUT2D eigenvalue weighted by Crippen LogP contribution is 2.47. The number of rotatable bonds is 6. The average molecular weight is 494 g/mol. The summed E-state index contributed by atoms with van der Waals surface area (Å²) in [7, 11) is -8.58. The molecular formula is C22H23NO8S2. The minimum Gasteiger partial charge on any atom is -0.459 e. The Bertz CT molecular complexity index is 1300. The average Bonchev–Trinajstić information content (AvgIpc) is 2.91. The number of esters is 1. The van der Waals surface area contributed by atoms with Gasteiger partial charge in [-0.3, -0.25) is 4.79 Å². The van der Waals surface area contributed by atoms with Crippen molar-refractivity contribution in [3.8, 4) is 0 Å². The number of hydrogen-bond acceptors (Lipinski definition) is 8. The van der Waals surface area contributed by atoms with Crippen molar-refractivity contribution in [1.29, 1.82) is 0 Å². The minimum absolute atomic E-state index is 0.0965. The normalized spacial score (nSPS) is 25.2. The first-order chi connectivity index (χ1) is 15.4. The molecule has 2 fully saturated rings. The molecule has 0 radical (unpaired) electrons. The highest BCUT2D eigenvalue weighted by atomic mass is 32.2. The third-order valence-corrected chi connectivity index (χ3v) is 10.1. The van der Waals surface area contributed by atoms with Crippen LogP contribution in [-0.4, -0.2) is 55.9 Å². The summed E-state index contributed by atoms with van der Waals surface area (Å²) in [5.74, 6) is -1.78. The maximum atomic E-state index is 13.2. The van der Waals surface area contributed by atoms with Gasteiger partial charge in [-0.2, -0.15) is 8.42 Å². The van der Waals surface area contributed by atoms with Gasteiger partial charge in [-0.1, -0.05) is 48.0 Å². The minimum atomic E-state index is -4.41. The van der Waals surface area contributed by atoms with Crippen molar-refractivity contribution in [2.24, 2.45) is 0 Å². The van der Waals surface area contributed by atoms with E-state index in [0.29, 0.717) is 5.56 Å². The molecule has 0 N–H and O–H groups in total. The first kappa shape index (κ1) is 23.4. The zero-order valence-electron chi connectivity index (χ0n) is 18.2. The number of benzene rings is 2. The van der Waals surface area contributed by atoms with E-state index in [-0.39, 0.29) is 11.5 Å². The van der Waals surface area contributed by atoms with Crippen LogP contribution in [0.25, 0.3) is 0 Å². The zero-order valence-corrected chi connectivity index (χ0v) is 19.8. The topological polar surface area (TPSA) is 124 Å². The maximum absolute atomic E-state index is 13.2. The number of sulfone groups is 1. The van der Waals surface area contributed by atoms with Crippen molar-refractivity contribution in [3.63, 3.8) is 0 Å². The summed E-state index contributed by atoms with van der Waals surface area (Å²) in [5.41, 5.74) is 1.51. The third kappa shape index (κ3) is 3.73. The number of β-lactam (4-membered cyclic amide) rings is 1. The molecule has 11 heteroatoms. The summed E-state index contributed by atoms with van der Waals surface area (Å²) >= 11 is 0. The second-order valence-corrected chi connectivity index (χ2v) is 12.8. The Kier molecular flexibility index (Phi) is 5.62. The summed E-state index contributed by atoms with van der Waals surface area (Å²) in [5, 5.41) is -1.60. The lowest BCUT2D eigenvalue weighted by Crippen LogP contribution is -2.68. The molecule has 0 saturated carbocycles. The van der Waals surface area contributed by atoms with Crippen LogP contribution in [0.4, 0.5) is 0 Å². The standard InChI is InChI=1S/C22H23NO8S2/c1-14-9-11-16(12-10-14)33(28,29)31-17-19(24)23-18(22(2,3)32(26,27)20(17)23)21(25)30-13-15-7-5-4-6-8-15/h4-12,17-18,20H,13H2,1-3H3/t17-,18+,20-/m1/s1. The molecule has 2 aromatic carbocycles. The van der Waals surface area contributed by atoms with Crippen LogP contribution in [0.3, 0.4) is 0 Å². The van der Waals surface area contributed by atoms with E-state index >= 15 is 0 Å². The lowest BCUT2D eigenvalue weighted by molar-refractivity contribution is -0.170. The van der Waals surface area contributed by atoms with Crippen LogP contribution >= 0.6 is 0 Å². The highest BCUT2D eigenvalue weighted by Gasteiger charge is 2.73. The summed E-state index contributed by atoms with van der Waals surface area (Å²) in [6.45, 7) is 4.30.